The van der Waals surface area contributed by atoms with Crippen LogP contribution < -0.4 is 21.7 Å². The Balaban J connectivity index is 2.57. The number of nitrogen functional groups attached to an aromatic ring is 1. The van der Waals surface area contributed by atoms with Crippen LogP contribution in [0.4, 0.5) is 5.82 Å². The summed E-state index contributed by atoms with van der Waals surface area (Å²) >= 11 is 0. The third kappa shape index (κ3) is 2.52. The first kappa shape index (κ1) is 13.3. The van der Waals surface area contributed by atoms with Gasteiger partial charge in [0, 0.05) is 17.3 Å². The van der Waals surface area contributed by atoms with E-state index in [9.17, 15) is 0 Å². The molecule has 1 unspecified atom stereocenters. The van der Waals surface area contributed by atoms with Gasteiger partial charge in [0.15, 0.2) is 0 Å². The monoisotopic (exact) mass is 258 g/mol. The number of pyridine rings is 1. The average molecular weight is 258 g/mol. The lowest BCUT2D eigenvalue weighted by Gasteiger charge is -2.22. The van der Waals surface area contributed by atoms with Crippen LogP contribution in [-0.2, 0) is 0 Å². The Morgan fingerprint density at radius 2 is 2.00 bits per heavy atom. The van der Waals surface area contributed by atoms with Gasteiger partial charge in [-0.2, -0.15) is 0 Å². The number of nitrogens with zero attached hydrogens (tertiary/aromatic N) is 1. The summed E-state index contributed by atoms with van der Waals surface area (Å²) in [5, 5.41) is 0. The van der Waals surface area contributed by atoms with Gasteiger partial charge in [-0.05, 0) is 24.6 Å². The number of aryl methyl sites for hydroxylation is 1. The number of benzene rings is 1. The molecule has 0 spiro atoms. The predicted molar refractivity (Wildman–Crippen MR) is 75.5 cm³/mol. The van der Waals surface area contributed by atoms with Crippen LogP contribution in [0.3, 0.4) is 0 Å². The Labute approximate surface area is 112 Å². The number of aromatic nitrogens is 1. The molecular weight excluding hydrogens is 240 g/mol. The first-order valence-corrected chi connectivity index (χ1v) is 5.99. The van der Waals surface area contributed by atoms with E-state index in [1.165, 1.54) is 0 Å². The Hall–Kier alpha value is -2.11. The van der Waals surface area contributed by atoms with Crippen LogP contribution in [0, 0.1) is 6.92 Å². The molecule has 0 amide bonds. The molecule has 1 heterocycles. The maximum atomic E-state index is 5.98. The van der Waals surface area contributed by atoms with E-state index in [2.05, 4.69) is 10.4 Å². The molecule has 19 heavy (non-hydrogen) atoms. The third-order valence-electron chi connectivity index (χ3n) is 3.14. The number of nitrogens with two attached hydrogens (primary N) is 2. The molecule has 0 aliphatic carbocycles. The minimum Gasteiger partial charge on any atom is -0.496 e. The number of nitrogens with one attached hydrogen (secondary N) is 1. The fraction of sp³-hybridized carbons (Fsp3) is 0.214. The van der Waals surface area contributed by atoms with Crippen LogP contribution in [0.2, 0.25) is 0 Å². The zero-order valence-electron chi connectivity index (χ0n) is 11.1. The molecule has 5 nitrogen and oxygen atoms in total. The molecule has 100 valence electrons. The topological polar surface area (TPSA) is 86.2 Å². The van der Waals surface area contributed by atoms with Gasteiger partial charge in [-0.25, -0.2) is 10.4 Å². The van der Waals surface area contributed by atoms with Gasteiger partial charge in [0.25, 0.3) is 0 Å². The van der Waals surface area contributed by atoms with Gasteiger partial charge in [0.05, 0.1) is 13.2 Å². The van der Waals surface area contributed by atoms with Crippen molar-refractivity contribution in [2.24, 2.45) is 5.84 Å². The summed E-state index contributed by atoms with van der Waals surface area (Å²) in [5.41, 5.74) is 11.6. The van der Waals surface area contributed by atoms with Crippen molar-refractivity contribution in [2.45, 2.75) is 13.0 Å². The molecule has 5 N–H and O–H groups in total. The number of hydrogen-bond donors (Lipinski definition) is 3. The quantitative estimate of drug-likeness (QED) is 0.572. The predicted octanol–water partition coefficient (Wildman–Crippen LogP) is 1.53. The molecule has 2 rings (SSSR count). The van der Waals surface area contributed by atoms with E-state index in [1.807, 2.05) is 37.3 Å². The number of anilines is 1. The van der Waals surface area contributed by atoms with Gasteiger partial charge in [-0.3, -0.25) is 5.84 Å². The van der Waals surface area contributed by atoms with Crippen LogP contribution in [0.5, 0.6) is 5.75 Å². The van der Waals surface area contributed by atoms with Crippen LogP contribution >= 0.6 is 0 Å². The second kappa shape index (κ2) is 5.69. The molecule has 0 saturated carbocycles. The molecule has 0 aliphatic heterocycles. The normalized spacial score (nSPS) is 12.2. The maximum Gasteiger partial charge on any atom is 0.128 e. The smallest absolute Gasteiger partial charge is 0.128 e. The lowest BCUT2D eigenvalue weighted by atomic mass is 9.95. The van der Waals surface area contributed by atoms with Crippen LogP contribution in [0.25, 0.3) is 0 Å². The summed E-state index contributed by atoms with van der Waals surface area (Å²) < 4.78 is 5.37. The third-order valence-corrected chi connectivity index (χ3v) is 3.14. The van der Waals surface area contributed by atoms with Gasteiger partial charge in [-0.1, -0.05) is 18.2 Å². The van der Waals surface area contributed by atoms with Gasteiger partial charge < -0.3 is 10.5 Å². The van der Waals surface area contributed by atoms with E-state index in [0.717, 1.165) is 22.4 Å². The molecular formula is C14H18N4O. The average Bonchev–Trinajstić information content (AvgIpc) is 2.43. The minimum atomic E-state index is -0.259. The van der Waals surface area contributed by atoms with Crippen molar-refractivity contribution in [1.82, 2.24) is 10.4 Å². The van der Waals surface area contributed by atoms with Gasteiger partial charge in [0.2, 0.25) is 0 Å². The second-order valence-corrected chi connectivity index (χ2v) is 4.27. The van der Waals surface area contributed by atoms with E-state index >= 15 is 0 Å². The Morgan fingerprint density at radius 3 is 2.63 bits per heavy atom. The highest BCUT2D eigenvalue weighted by molar-refractivity contribution is 5.52. The molecule has 1 atom stereocenters. The highest BCUT2D eigenvalue weighted by atomic mass is 16.5. The van der Waals surface area contributed by atoms with E-state index in [4.69, 9.17) is 16.3 Å². The molecule has 1 aromatic heterocycles. The van der Waals surface area contributed by atoms with Gasteiger partial charge in [0.1, 0.15) is 11.6 Å². The molecule has 0 radical (unpaired) electrons. The van der Waals surface area contributed by atoms with Crippen molar-refractivity contribution in [2.75, 3.05) is 12.8 Å². The van der Waals surface area contributed by atoms with E-state index < -0.39 is 0 Å². The van der Waals surface area contributed by atoms with Crippen molar-refractivity contribution < 1.29 is 4.74 Å². The van der Waals surface area contributed by atoms with Crippen LogP contribution in [-0.4, -0.2) is 12.1 Å². The number of rotatable bonds is 4. The minimum absolute atomic E-state index is 0.259. The SMILES string of the molecule is COc1ccccc1C(NN)c1c(C)ccnc1N. The van der Waals surface area contributed by atoms with Gasteiger partial charge in [-0.15, -0.1) is 0 Å². The largest absolute Gasteiger partial charge is 0.496 e. The van der Waals surface area contributed by atoms with Gasteiger partial charge >= 0.3 is 0 Å². The molecule has 5 heteroatoms. The van der Waals surface area contributed by atoms with Crippen LogP contribution in [0.15, 0.2) is 36.5 Å². The summed E-state index contributed by atoms with van der Waals surface area (Å²) in [5.74, 6) is 6.93. The summed E-state index contributed by atoms with van der Waals surface area (Å²) in [6.45, 7) is 1.98. The number of para-hydroxylation sites is 1. The van der Waals surface area contributed by atoms with Crippen molar-refractivity contribution in [1.29, 1.82) is 0 Å². The van der Waals surface area contributed by atoms with Crippen molar-refractivity contribution >= 4 is 5.82 Å². The summed E-state index contributed by atoms with van der Waals surface area (Å²) in [6, 6.07) is 9.34. The fourth-order valence-electron chi connectivity index (χ4n) is 2.20. The Morgan fingerprint density at radius 1 is 1.26 bits per heavy atom. The molecule has 0 fully saturated rings. The maximum absolute atomic E-state index is 5.98. The number of hydrogen-bond acceptors (Lipinski definition) is 5. The van der Waals surface area contributed by atoms with Crippen molar-refractivity contribution in [3.63, 3.8) is 0 Å². The number of methoxy groups -OCH3 is 1. The summed E-state index contributed by atoms with van der Waals surface area (Å²) in [6.07, 6.45) is 1.68. The van der Waals surface area contributed by atoms with Crippen molar-refractivity contribution in [3.05, 3.63) is 53.2 Å². The molecule has 0 bridgehead atoms. The molecule has 2 aromatic rings. The number of hydrazine groups is 1. The summed E-state index contributed by atoms with van der Waals surface area (Å²) in [4.78, 5) is 4.13. The number of ether oxygens (including phenoxy) is 1. The van der Waals surface area contributed by atoms with E-state index in [1.54, 1.807) is 13.3 Å². The highest BCUT2D eigenvalue weighted by Crippen LogP contribution is 2.32. The van der Waals surface area contributed by atoms with Crippen molar-refractivity contribution in [3.8, 4) is 5.75 Å². The molecule has 0 saturated heterocycles. The fourth-order valence-corrected chi connectivity index (χ4v) is 2.20. The highest BCUT2D eigenvalue weighted by Gasteiger charge is 2.21. The van der Waals surface area contributed by atoms with Crippen LogP contribution in [0.1, 0.15) is 22.7 Å². The molecule has 0 aliphatic rings. The zero-order chi connectivity index (χ0) is 13.8. The first-order chi connectivity index (χ1) is 9.19. The second-order valence-electron chi connectivity index (χ2n) is 4.27. The van der Waals surface area contributed by atoms with E-state index in [0.29, 0.717) is 5.82 Å². The lowest BCUT2D eigenvalue weighted by molar-refractivity contribution is 0.404. The standard InChI is InChI=1S/C14H18N4O/c1-9-7-8-17-14(15)12(9)13(18-16)10-5-3-4-6-11(10)19-2/h3-8,13,18H,16H2,1-2H3,(H2,15,17). The first-order valence-electron chi connectivity index (χ1n) is 5.99. The Kier molecular flexibility index (Phi) is 3.99. The lowest BCUT2D eigenvalue weighted by Crippen LogP contribution is -2.30. The Bertz CT molecular complexity index is 551. The molecule has 1 aromatic carbocycles. The summed E-state index contributed by atoms with van der Waals surface area (Å²) in [7, 11) is 1.63. The zero-order valence-corrected chi connectivity index (χ0v) is 11.1. The van der Waals surface area contributed by atoms with E-state index in [-0.39, 0.29) is 6.04 Å².